The number of aromatic nitrogens is 2. The summed E-state index contributed by atoms with van der Waals surface area (Å²) in [6.07, 6.45) is 0. The highest BCUT2D eigenvalue weighted by molar-refractivity contribution is 9.10. The van der Waals surface area contributed by atoms with Crippen LogP contribution in [0.15, 0.2) is 28.7 Å². The summed E-state index contributed by atoms with van der Waals surface area (Å²) in [7, 11) is 1.80. The zero-order chi connectivity index (χ0) is 11.0. The first-order chi connectivity index (χ1) is 7.09. The molecule has 2 rings (SSSR count). The SMILES string of the molecule is Cn1nc(-c2cccc(Br)c2Cl)cc1N. The Labute approximate surface area is 101 Å². The van der Waals surface area contributed by atoms with Crippen LogP contribution in [-0.2, 0) is 7.05 Å². The van der Waals surface area contributed by atoms with Crippen LogP contribution in [0, 0.1) is 0 Å². The van der Waals surface area contributed by atoms with Crippen molar-refractivity contribution in [2.24, 2.45) is 7.05 Å². The van der Waals surface area contributed by atoms with E-state index in [4.69, 9.17) is 17.3 Å². The molecule has 0 aliphatic carbocycles. The number of anilines is 1. The van der Waals surface area contributed by atoms with E-state index in [0.717, 1.165) is 15.7 Å². The van der Waals surface area contributed by atoms with Crippen LogP contribution in [0.3, 0.4) is 0 Å². The van der Waals surface area contributed by atoms with Gasteiger partial charge < -0.3 is 5.73 Å². The number of aryl methyl sites for hydroxylation is 1. The number of nitrogen functional groups attached to an aromatic ring is 1. The smallest absolute Gasteiger partial charge is 0.121 e. The molecule has 0 fully saturated rings. The predicted octanol–water partition coefficient (Wildman–Crippen LogP) is 3.09. The van der Waals surface area contributed by atoms with Gasteiger partial charge in [-0.05, 0) is 22.0 Å². The molecule has 0 saturated heterocycles. The minimum atomic E-state index is 0.612. The highest BCUT2D eigenvalue weighted by atomic mass is 79.9. The van der Waals surface area contributed by atoms with Crippen molar-refractivity contribution < 1.29 is 0 Å². The van der Waals surface area contributed by atoms with E-state index >= 15 is 0 Å². The largest absolute Gasteiger partial charge is 0.384 e. The van der Waals surface area contributed by atoms with Gasteiger partial charge in [0.2, 0.25) is 0 Å². The standard InChI is InChI=1S/C10H9BrClN3/c1-15-9(13)5-8(14-15)6-3-2-4-7(11)10(6)12/h2-5H,13H2,1H3. The summed E-state index contributed by atoms with van der Waals surface area (Å²) in [5, 5.41) is 4.92. The maximum atomic E-state index is 6.15. The molecule has 0 unspecified atom stereocenters. The lowest BCUT2D eigenvalue weighted by atomic mass is 10.1. The third-order valence-electron chi connectivity index (χ3n) is 2.14. The summed E-state index contributed by atoms with van der Waals surface area (Å²) < 4.78 is 2.47. The van der Waals surface area contributed by atoms with Gasteiger partial charge in [0.1, 0.15) is 5.82 Å². The molecule has 15 heavy (non-hydrogen) atoms. The summed E-state index contributed by atoms with van der Waals surface area (Å²) in [5.74, 6) is 0.612. The predicted molar refractivity (Wildman–Crippen MR) is 65.8 cm³/mol. The average molecular weight is 287 g/mol. The van der Waals surface area contributed by atoms with Gasteiger partial charge in [-0.3, -0.25) is 4.68 Å². The zero-order valence-corrected chi connectivity index (χ0v) is 10.4. The van der Waals surface area contributed by atoms with Gasteiger partial charge in [-0.25, -0.2) is 0 Å². The van der Waals surface area contributed by atoms with Crippen LogP contribution in [-0.4, -0.2) is 9.78 Å². The van der Waals surface area contributed by atoms with Crippen molar-refractivity contribution in [1.29, 1.82) is 0 Å². The van der Waals surface area contributed by atoms with Crippen LogP contribution in [0.4, 0.5) is 5.82 Å². The van der Waals surface area contributed by atoms with E-state index in [1.807, 2.05) is 18.2 Å². The van der Waals surface area contributed by atoms with Gasteiger partial charge in [0.15, 0.2) is 0 Å². The van der Waals surface area contributed by atoms with E-state index in [9.17, 15) is 0 Å². The minimum absolute atomic E-state index is 0.612. The fraction of sp³-hybridized carbons (Fsp3) is 0.100. The van der Waals surface area contributed by atoms with Gasteiger partial charge in [0.25, 0.3) is 0 Å². The topological polar surface area (TPSA) is 43.8 Å². The summed E-state index contributed by atoms with van der Waals surface area (Å²) in [6, 6.07) is 7.51. The number of nitrogens with zero attached hydrogens (tertiary/aromatic N) is 2. The van der Waals surface area contributed by atoms with Gasteiger partial charge in [-0.15, -0.1) is 0 Å². The molecule has 0 amide bonds. The average Bonchev–Trinajstić information content (AvgIpc) is 2.51. The van der Waals surface area contributed by atoms with Crippen LogP contribution < -0.4 is 5.73 Å². The highest BCUT2D eigenvalue weighted by Gasteiger charge is 2.10. The Morgan fingerprint density at radius 3 is 2.80 bits per heavy atom. The van der Waals surface area contributed by atoms with Crippen LogP contribution in [0.5, 0.6) is 0 Å². The van der Waals surface area contributed by atoms with Crippen molar-refractivity contribution in [3.63, 3.8) is 0 Å². The van der Waals surface area contributed by atoms with Gasteiger partial charge in [-0.2, -0.15) is 5.10 Å². The molecule has 0 spiro atoms. The fourth-order valence-electron chi connectivity index (χ4n) is 1.31. The molecule has 0 bridgehead atoms. The number of benzene rings is 1. The minimum Gasteiger partial charge on any atom is -0.384 e. The highest BCUT2D eigenvalue weighted by Crippen LogP contribution is 2.33. The Hall–Kier alpha value is -1.00. The molecule has 2 N–H and O–H groups in total. The lowest BCUT2D eigenvalue weighted by Crippen LogP contribution is -1.96. The van der Waals surface area contributed by atoms with Crippen LogP contribution in [0.25, 0.3) is 11.3 Å². The molecule has 2 aromatic rings. The van der Waals surface area contributed by atoms with E-state index < -0.39 is 0 Å². The molecule has 1 aromatic heterocycles. The third kappa shape index (κ3) is 1.87. The van der Waals surface area contributed by atoms with Crippen molar-refractivity contribution in [2.75, 3.05) is 5.73 Å². The van der Waals surface area contributed by atoms with Gasteiger partial charge >= 0.3 is 0 Å². The van der Waals surface area contributed by atoms with Crippen LogP contribution in [0.1, 0.15) is 0 Å². The first kappa shape index (κ1) is 10.5. The normalized spacial score (nSPS) is 10.6. The molecule has 5 heteroatoms. The second-order valence-electron chi connectivity index (χ2n) is 3.18. The molecule has 0 aliphatic rings. The molecule has 1 heterocycles. The number of halogens is 2. The maximum Gasteiger partial charge on any atom is 0.121 e. The Morgan fingerprint density at radius 2 is 2.20 bits per heavy atom. The monoisotopic (exact) mass is 285 g/mol. The molecule has 0 aliphatic heterocycles. The van der Waals surface area contributed by atoms with Crippen molar-refractivity contribution in [3.8, 4) is 11.3 Å². The lowest BCUT2D eigenvalue weighted by molar-refractivity contribution is 0.782. The van der Waals surface area contributed by atoms with Crippen molar-refractivity contribution in [2.45, 2.75) is 0 Å². The van der Waals surface area contributed by atoms with Crippen molar-refractivity contribution >= 4 is 33.3 Å². The molecule has 0 atom stereocenters. The van der Waals surface area contributed by atoms with E-state index in [2.05, 4.69) is 21.0 Å². The molecule has 78 valence electrons. The Morgan fingerprint density at radius 1 is 1.47 bits per heavy atom. The Bertz CT molecular complexity index is 488. The molecular formula is C10H9BrClN3. The second kappa shape index (κ2) is 3.87. The van der Waals surface area contributed by atoms with E-state index in [0.29, 0.717) is 10.8 Å². The van der Waals surface area contributed by atoms with E-state index in [1.165, 1.54) is 0 Å². The van der Waals surface area contributed by atoms with Crippen molar-refractivity contribution in [3.05, 3.63) is 33.8 Å². The van der Waals surface area contributed by atoms with Crippen molar-refractivity contribution in [1.82, 2.24) is 9.78 Å². The number of hydrogen-bond donors (Lipinski definition) is 1. The Balaban J connectivity index is 2.59. The first-order valence-electron chi connectivity index (χ1n) is 4.33. The molecule has 1 aromatic carbocycles. The number of nitrogens with two attached hydrogens (primary N) is 1. The number of rotatable bonds is 1. The van der Waals surface area contributed by atoms with Crippen LogP contribution in [0.2, 0.25) is 5.02 Å². The molecule has 0 radical (unpaired) electrons. The zero-order valence-electron chi connectivity index (χ0n) is 8.04. The van der Waals surface area contributed by atoms with E-state index in [1.54, 1.807) is 17.8 Å². The van der Waals surface area contributed by atoms with E-state index in [-0.39, 0.29) is 0 Å². The lowest BCUT2D eigenvalue weighted by Gasteiger charge is -2.01. The molecule has 0 saturated carbocycles. The van der Waals surface area contributed by atoms with Gasteiger partial charge in [0, 0.05) is 23.2 Å². The third-order valence-corrected chi connectivity index (χ3v) is 3.44. The fourth-order valence-corrected chi connectivity index (χ4v) is 1.90. The maximum absolute atomic E-state index is 6.15. The second-order valence-corrected chi connectivity index (χ2v) is 4.41. The van der Waals surface area contributed by atoms with Crippen LogP contribution >= 0.6 is 27.5 Å². The molecular weight excluding hydrogens is 277 g/mol. The summed E-state index contributed by atoms with van der Waals surface area (Å²) in [4.78, 5) is 0. The summed E-state index contributed by atoms with van der Waals surface area (Å²) in [6.45, 7) is 0. The first-order valence-corrected chi connectivity index (χ1v) is 5.50. The van der Waals surface area contributed by atoms with Gasteiger partial charge in [-0.1, -0.05) is 23.7 Å². The molecule has 3 nitrogen and oxygen atoms in total. The summed E-state index contributed by atoms with van der Waals surface area (Å²) in [5.41, 5.74) is 7.36. The quantitative estimate of drug-likeness (QED) is 0.875. The Kier molecular flexibility index (Phi) is 2.71. The van der Waals surface area contributed by atoms with Gasteiger partial charge in [0.05, 0.1) is 10.7 Å². The number of hydrogen-bond acceptors (Lipinski definition) is 2. The summed E-state index contributed by atoms with van der Waals surface area (Å²) >= 11 is 9.52.